The predicted octanol–water partition coefficient (Wildman–Crippen LogP) is 3.21. The lowest BCUT2D eigenvalue weighted by atomic mass is 10.1. The number of rotatable bonds is 6. The zero-order valence-corrected chi connectivity index (χ0v) is 19.9. The molecule has 0 bridgehead atoms. The van der Waals surface area contributed by atoms with Gasteiger partial charge in [0.15, 0.2) is 11.3 Å². The quantitative estimate of drug-likeness (QED) is 0.407. The van der Waals surface area contributed by atoms with Crippen LogP contribution in [0.1, 0.15) is 24.2 Å². The normalized spacial score (nSPS) is 16.3. The molecule has 1 atom stereocenters. The number of nitrogens with one attached hydrogen (secondary N) is 1. The number of halogens is 1. The molecule has 2 aliphatic rings. The van der Waals surface area contributed by atoms with Crippen LogP contribution in [0, 0.1) is 15.9 Å². The van der Waals surface area contributed by atoms with Gasteiger partial charge in [0.05, 0.1) is 16.9 Å². The molecule has 0 aliphatic carbocycles. The zero-order valence-electron chi connectivity index (χ0n) is 19.1. The molecule has 182 valence electrons. The first-order valence-corrected chi connectivity index (χ1v) is 12.1. The second-order valence-corrected chi connectivity index (χ2v) is 8.83. The first-order chi connectivity index (χ1) is 17.5. The van der Waals surface area contributed by atoms with Crippen molar-refractivity contribution in [2.24, 2.45) is 10.1 Å². The number of amidine groups is 1. The SMILES string of the molecule is CCOc1ccc([N+](=O)[O-])cc1[C@@H]1N=c2ccccc2=C2C(=O)NC(SCc3ccccc3F)=NN21. The number of nitro benzene ring substituents is 1. The summed E-state index contributed by atoms with van der Waals surface area (Å²) in [7, 11) is 0. The van der Waals surface area contributed by atoms with Gasteiger partial charge in [0, 0.05) is 28.7 Å². The maximum absolute atomic E-state index is 14.1. The van der Waals surface area contributed by atoms with Crippen LogP contribution < -0.4 is 20.6 Å². The van der Waals surface area contributed by atoms with Gasteiger partial charge >= 0.3 is 0 Å². The Morgan fingerprint density at radius 2 is 1.94 bits per heavy atom. The average molecular weight is 506 g/mol. The fraction of sp³-hybridized carbons (Fsp3) is 0.160. The number of hydrogen-bond acceptors (Lipinski definition) is 8. The third-order valence-corrected chi connectivity index (χ3v) is 6.53. The van der Waals surface area contributed by atoms with Gasteiger partial charge in [-0.15, -0.1) is 5.10 Å². The highest BCUT2D eigenvalue weighted by atomic mass is 32.2. The molecule has 0 fully saturated rings. The van der Waals surface area contributed by atoms with Crippen LogP contribution in [-0.2, 0) is 10.5 Å². The van der Waals surface area contributed by atoms with Crippen molar-refractivity contribution >= 4 is 34.2 Å². The summed E-state index contributed by atoms with van der Waals surface area (Å²) >= 11 is 1.17. The van der Waals surface area contributed by atoms with Gasteiger partial charge in [-0.2, -0.15) is 0 Å². The molecule has 2 heterocycles. The molecule has 1 N–H and O–H groups in total. The highest BCUT2D eigenvalue weighted by Crippen LogP contribution is 2.37. The number of carbonyl (C=O) groups excluding carboxylic acids is 1. The second kappa shape index (κ2) is 9.78. The van der Waals surface area contributed by atoms with Crippen molar-refractivity contribution in [3.8, 4) is 5.75 Å². The van der Waals surface area contributed by atoms with Gasteiger partial charge in [-0.3, -0.25) is 25.2 Å². The zero-order chi connectivity index (χ0) is 25.2. The monoisotopic (exact) mass is 505 g/mol. The molecule has 0 spiro atoms. The van der Waals surface area contributed by atoms with Gasteiger partial charge in [0.1, 0.15) is 17.3 Å². The molecular weight excluding hydrogens is 485 g/mol. The van der Waals surface area contributed by atoms with E-state index in [1.165, 1.54) is 41.0 Å². The summed E-state index contributed by atoms with van der Waals surface area (Å²) in [6.45, 7) is 2.14. The molecule has 0 saturated heterocycles. The first kappa shape index (κ1) is 23.5. The Hall–Kier alpha value is -4.25. The van der Waals surface area contributed by atoms with Gasteiger partial charge < -0.3 is 4.74 Å². The molecule has 2 aliphatic heterocycles. The number of fused-ring (bicyclic) bond motifs is 2. The Balaban J connectivity index is 1.63. The highest BCUT2D eigenvalue weighted by Gasteiger charge is 2.36. The van der Waals surface area contributed by atoms with Crippen molar-refractivity contribution in [2.45, 2.75) is 18.8 Å². The van der Waals surface area contributed by atoms with E-state index in [1.54, 1.807) is 49.4 Å². The minimum Gasteiger partial charge on any atom is -0.493 e. The van der Waals surface area contributed by atoms with Crippen LogP contribution in [0.5, 0.6) is 5.75 Å². The molecule has 0 aromatic heterocycles. The summed E-state index contributed by atoms with van der Waals surface area (Å²) in [4.78, 5) is 29.1. The van der Waals surface area contributed by atoms with Crippen LogP contribution >= 0.6 is 11.8 Å². The maximum atomic E-state index is 14.1. The lowest BCUT2D eigenvalue weighted by Gasteiger charge is -2.34. The summed E-state index contributed by atoms with van der Waals surface area (Å²) < 4.78 is 19.9. The molecule has 5 rings (SSSR count). The first-order valence-electron chi connectivity index (χ1n) is 11.1. The van der Waals surface area contributed by atoms with Crippen molar-refractivity contribution < 1.29 is 18.8 Å². The van der Waals surface area contributed by atoms with E-state index in [0.29, 0.717) is 34.1 Å². The number of amides is 1. The number of benzene rings is 3. The summed E-state index contributed by atoms with van der Waals surface area (Å²) in [6.07, 6.45) is -0.897. The van der Waals surface area contributed by atoms with Gasteiger partial charge in [0.2, 0.25) is 0 Å². The van der Waals surface area contributed by atoms with Crippen molar-refractivity contribution in [1.82, 2.24) is 10.3 Å². The fourth-order valence-corrected chi connectivity index (χ4v) is 4.83. The Morgan fingerprint density at radius 3 is 2.72 bits per heavy atom. The van der Waals surface area contributed by atoms with Gasteiger partial charge in [-0.1, -0.05) is 48.2 Å². The Labute approximate surface area is 209 Å². The van der Waals surface area contributed by atoms with E-state index in [9.17, 15) is 19.3 Å². The van der Waals surface area contributed by atoms with Crippen LogP contribution in [0.15, 0.2) is 76.8 Å². The lowest BCUT2D eigenvalue weighted by molar-refractivity contribution is -0.385. The summed E-state index contributed by atoms with van der Waals surface area (Å²) in [5.41, 5.74) is 0.991. The summed E-state index contributed by atoms with van der Waals surface area (Å²) in [5.74, 6) is -0.110. The minimum absolute atomic E-state index is 0.136. The molecule has 0 saturated carbocycles. The van der Waals surface area contributed by atoms with E-state index in [2.05, 4.69) is 10.4 Å². The number of hydrazone groups is 1. The van der Waals surface area contributed by atoms with Crippen LogP contribution in [0.4, 0.5) is 10.1 Å². The average Bonchev–Trinajstić information content (AvgIpc) is 2.88. The number of nitro groups is 1. The number of ether oxygens (including phenoxy) is 1. The lowest BCUT2D eigenvalue weighted by Crippen LogP contribution is -2.50. The van der Waals surface area contributed by atoms with E-state index in [4.69, 9.17) is 9.73 Å². The smallest absolute Gasteiger partial charge is 0.276 e. The molecule has 0 unspecified atom stereocenters. The van der Waals surface area contributed by atoms with Crippen LogP contribution in [-0.4, -0.2) is 27.6 Å². The Kier molecular flexibility index (Phi) is 6.38. The molecular formula is C25H20FN5O4S. The Bertz CT molecular complexity index is 1530. The third kappa shape index (κ3) is 4.40. The van der Waals surface area contributed by atoms with E-state index in [-0.39, 0.29) is 28.1 Å². The fourth-order valence-electron chi connectivity index (χ4n) is 3.99. The second-order valence-electron chi connectivity index (χ2n) is 7.86. The molecule has 9 nitrogen and oxygen atoms in total. The molecule has 11 heteroatoms. The molecule has 1 amide bonds. The topological polar surface area (TPSA) is 109 Å². The van der Waals surface area contributed by atoms with Gasteiger partial charge in [-0.25, -0.2) is 9.40 Å². The van der Waals surface area contributed by atoms with E-state index < -0.39 is 17.0 Å². The number of nitrogens with zero attached hydrogens (tertiary/aromatic N) is 4. The summed E-state index contributed by atoms with van der Waals surface area (Å²) in [5, 5.41) is 21.8. The van der Waals surface area contributed by atoms with Crippen molar-refractivity contribution in [2.75, 3.05) is 6.61 Å². The minimum atomic E-state index is -0.897. The van der Waals surface area contributed by atoms with Crippen LogP contribution in [0.25, 0.3) is 5.70 Å². The number of hydrogen-bond donors (Lipinski definition) is 1. The van der Waals surface area contributed by atoms with E-state index in [0.717, 1.165) is 0 Å². The third-order valence-electron chi connectivity index (χ3n) is 5.62. The highest BCUT2D eigenvalue weighted by molar-refractivity contribution is 8.13. The number of thioether (sulfide) groups is 1. The van der Waals surface area contributed by atoms with Crippen molar-refractivity contribution in [1.29, 1.82) is 0 Å². The Morgan fingerprint density at radius 1 is 1.17 bits per heavy atom. The maximum Gasteiger partial charge on any atom is 0.276 e. The van der Waals surface area contributed by atoms with Crippen LogP contribution in [0.3, 0.4) is 0 Å². The molecule has 3 aromatic rings. The van der Waals surface area contributed by atoms with E-state index >= 15 is 0 Å². The van der Waals surface area contributed by atoms with E-state index in [1.807, 2.05) is 0 Å². The van der Waals surface area contributed by atoms with Gasteiger partial charge in [0.25, 0.3) is 11.6 Å². The number of non-ortho nitro benzene ring substituents is 1. The molecule has 36 heavy (non-hydrogen) atoms. The number of para-hydroxylation sites is 1. The van der Waals surface area contributed by atoms with Gasteiger partial charge in [-0.05, 0) is 30.7 Å². The van der Waals surface area contributed by atoms with Crippen molar-refractivity contribution in [3.05, 3.63) is 104 Å². The van der Waals surface area contributed by atoms with Crippen LogP contribution in [0.2, 0.25) is 0 Å². The largest absolute Gasteiger partial charge is 0.493 e. The number of carbonyl (C=O) groups is 1. The molecule has 0 radical (unpaired) electrons. The standard InChI is InChI=1S/C25H20FN5O4S/c1-2-35-21-12-11-16(31(33)34)13-18(21)23-27-20-10-6-4-8-17(20)22-24(32)28-25(29-30(22)23)36-14-15-7-3-5-9-19(15)26/h3-13,23H,2,14H2,1H3,(H,28,29,32)/t23-/m1/s1. The molecule has 3 aromatic carbocycles. The van der Waals surface area contributed by atoms with Crippen molar-refractivity contribution in [3.63, 3.8) is 0 Å². The predicted molar refractivity (Wildman–Crippen MR) is 133 cm³/mol. The summed E-state index contributed by atoms with van der Waals surface area (Å²) in [6, 6.07) is 17.8.